The second kappa shape index (κ2) is 3.02. The molecule has 1 aliphatic rings. The van der Waals surface area contributed by atoms with Crippen molar-refractivity contribution >= 4 is 0 Å². The molecule has 14 heavy (non-hydrogen) atoms. The Kier molecular flexibility index (Phi) is 2.06. The van der Waals surface area contributed by atoms with Gasteiger partial charge in [0.25, 0.3) is 0 Å². The van der Waals surface area contributed by atoms with Crippen molar-refractivity contribution in [3.05, 3.63) is 23.7 Å². The maximum Gasteiger partial charge on any atom is 0.449 e. The van der Waals surface area contributed by atoms with E-state index in [9.17, 15) is 13.2 Å². The summed E-state index contributed by atoms with van der Waals surface area (Å²) >= 11 is 0. The third-order valence-electron chi connectivity index (χ3n) is 2.50. The van der Waals surface area contributed by atoms with E-state index in [1.807, 2.05) is 0 Å². The van der Waals surface area contributed by atoms with E-state index in [4.69, 9.17) is 10.2 Å². The molecule has 1 fully saturated rings. The quantitative estimate of drug-likeness (QED) is 0.804. The summed E-state index contributed by atoms with van der Waals surface area (Å²) in [6.07, 6.45) is -3.55. The molecule has 2 atom stereocenters. The number of halogens is 3. The van der Waals surface area contributed by atoms with Gasteiger partial charge in [-0.3, -0.25) is 0 Å². The first kappa shape index (κ1) is 9.58. The molecule has 0 radical (unpaired) electrons. The number of hydrogen-bond acceptors (Lipinski definition) is 2. The average Bonchev–Trinajstić information content (AvgIpc) is 2.71. The Balaban J connectivity index is 2.12. The fourth-order valence-corrected chi connectivity index (χ4v) is 1.56. The molecule has 2 N–H and O–H groups in total. The highest BCUT2D eigenvalue weighted by atomic mass is 19.4. The van der Waals surface area contributed by atoms with E-state index in [0.29, 0.717) is 18.2 Å². The molecule has 0 spiro atoms. The number of rotatable bonds is 2. The fraction of sp³-hybridized carbons (Fsp3) is 0.556. The average molecular weight is 205 g/mol. The van der Waals surface area contributed by atoms with Crippen LogP contribution in [-0.4, -0.2) is 6.54 Å². The van der Waals surface area contributed by atoms with Gasteiger partial charge in [0.1, 0.15) is 5.76 Å². The van der Waals surface area contributed by atoms with Crippen molar-refractivity contribution in [2.45, 2.75) is 18.5 Å². The Morgan fingerprint density at radius 1 is 1.43 bits per heavy atom. The normalized spacial score (nSPS) is 26.6. The molecule has 2 nitrogen and oxygen atoms in total. The first-order valence-electron chi connectivity index (χ1n) is 4.39. The largest absolute Gasteiger partial charge is 0.456 e. The van der Waals surface area contributed by atoms with E-state index in [1.165, 1.54) is 6.07 Å². The Morgan fingerprint density at radius 2 is 2.14 bits per heavy atom. The fourth-order valence-electron chi connectivity index (χ4n) is 1.56. The zero-order valence-corrected chi connectivity index (χ0v) is 7.34. The van der Waals surface area contributed by atoms with E-state index in [-0.39, 0.29) is 5.92 Å². The zero-order chi connectivity index (χ0) is 10.3. The standard InChI is InChI=1S/C9H10F3NO/c10-9(11,12)8-2-1-7(14-8)6-3-5(6)4-13/h1-2,5-6H,3-4,13H2/t5-,6+/m0/s1. The van der Waals surface area contributed by atoms with E-state index < -0.39 is 11.9 Å². The highest BCUT2D eigenvalue weighted by molar-refractivity contribution is 5.19. The van der Waals surface area contributed by atoms with Crippen LogP contribution in [0.2, 0.25) is 0 Å². The minimum atomic E-state index is -4.38. The Hall–Kier alpha value is -0.970. The summed E-state index contributed by atoms with van der Waals surface area (Å²) in [4.78, 5) is 0. The van der Waals surface area contributed by atoms with Gasteiger partial charge < -0.3 is 10.2 Å². The zero-order valence-electron chi connectivity index (χ0n) is 7.34. The van der Waals surface area contributed by atoms with Crippen molar-refractivity contribution < 1.29 is 17.6 Å². The van der Waals surface area contributed by atoms with Crippen LogP contribution >= 0.6 is 0 Å². The molecule has 2 rings (SSSR count). The lowest BCUT2D eigenvalue weighted by atomic mass is 10.2. The second-order valence-electron chi connectivity index (χ2n) is 3.54. The summed E-state index contributed by atoms with van der Waals surface area (Å²) < 4.78 is 41.2. The van der Waals surface area contributed by atoms with Gasteiger partial charge >= 0.3 is 6.18 Å². The van der Waals surface area contributed by atoms with Crippen LogP contribution < -0.4 is 5.73 Å². The third-order valence-corrected chi connectivity index (χ3v) is 2.50. The summed E-state index contributed by atoms with van der Waals surface area (Å²) in [6, 6.07) is 2.37. The maximum atomic E-state index is 12.1. The number of nitrogens with two attached hydrogens (primary N) is 1. The molecule has 5 heteroatoms. The third kappa shape index (κ3) is 1.64. The lowest BCUT2D eigenvalue weighted by Crippen LogP contribution is -2.03. The first-order chi connectivity index (χ1) is 6.52. The van der Waals surface area contributed by atoms with Crippen molar-refractivity contribution in [1.29, 1.82) is 0 Å². The maximum absolute atomic E-state index is 12.1. The van der Waals surface area contributed by atoms with E-state index in [2.05, 4.69) is 0 Å². The van der Waals surface area contributed by atoms with Crippen molar-refractivity contribution in [2.75, 3.05) is 6.54 Å². The molecule has 0 aliphatic heterocycles. The lowest BCUT2D eigenvalue weighted by molar-refractivity contribution is -0.153. The molecule has 1 aromatic rings. The molecule has 0 amide bonds. The van der Waals surface area contributed by atoms with Gasteiger partial charge in [-0.25, -0.2) is 0 Å². The molecular formula is C9H10F3NO. The smallest absolute Gasteiger partial charge is 0.449 e. The molecule has 0 unspecified atom stereocenters. The molecular weight excluding hydrogens is 195 g/mol. The van der Waals surface area contributed by atoms with E-state index in [1.54, 1.807) is 0 Å². The molecule has 0 bridgehead atoms. The summed E-state index contributed by atoms with van der Waals surface area (Å²) in [6.45, 7) is 0.507. The van der Waals surface area contributed by atoms with Gasteiger partial charge in [-0.2, -0.15) is 13.2 Å². The molecule has 1 heterocycles. The molecule has 1 saturated carbocycles. The summed E-state index contributed by atoms with van der Waals surface area (Å²) in [5.41, 5.74) is 5.39. The molecule has 1 aromatic heterocycles. The second-order valence-corrected chi connectivity index (χ2v) is 3.54. The topological polar surface area (TPSA) is 39.2 Å². The van der Waals surface area contributed by atoms with Gasteiger partial charge in [0.2, 0.25) is 5.76 Å². The van der Waals surface area contributed by atoms with Gasteiger partial charge in [-0.15, -0.1) is 0 Å². The van der Waals surface area contributed by atoms with Crippen LogP contribution in [0, 0.1) is 5.92 Å². The van der Waals surface area contributed by atoms with Crippen LogP contribution in [0.3, 0.4) is 0 Å². The summed E-state index contributed by atoms with van der Waals surface area (Å²) in [7, 11) is 0. The molecule has 1 aliphatic carbocycles. The predicted molar refractivity (Wildman–Crippen MR) is 43.6 cm³/mol. The Labute approximate surface area is 78.9 Å². The van der Waals surface area contributed by atoms with Crippen molar-refractivity contribution in [2.24, 2.45) is 11.7 Å². The van der Waals surface area contributed by atoms with Crippen molar-refractivity contribution in [3.63, 3.8) is 0 Å². The van der Waals surface area contributed by atoms with Gasteiger partial charge in [-0.1, -0.05) is 0 Å². The van der Waals surface area contributed by atoms with Crippen molar-refractivity contribution in [1.82, 2.24) is 0 Å². The SMILES string of the molecule is NC[C@@H]1C[C@H]1c1ccc(C(F)(F)F)o1. The molecule has 0 aromatic carbocycles. The predicted octanol–water partition coefficient (Wildman–Crippen LogP) is 2.36. The molecule has 0 saturated heterocycles. The van der Waals surface area contributed by atoms with Crippen molar-refractivity contribution in [3.8, 4) is 0 Å². The highest BCUT2D eigenvalue weighted by Gasteiger charge is 2.42. The number of alkyl halides is 3. The van der Waals surface area contributed by atoms with Gasteiger partial charge in [0.05, 0.1) is 0 Å². The van der Waals surface area contributed by atoms with Gasteiger partial charge in [0, 0.05) is 5.92 Å². The molecule has 78 valence electrons. The van der Waals surface area contributed by atoms with Crippen LogP contribution in [0.15, 0.2) is 16.5 Å². The van der Waals surface area contributed by atoms with Crippen LogP contribution in [0.5, 0.6) is 0 Å². The Bertz CT molecular complexity index is 331. The lowest BCUT2D eigenvalue weighted by Gasteiger charge is -2.00. The Morgan fingerprint density at radius 3 is 2.57 bits per heavy atom. The van der Waals surface area contributed by atoms with Gasteiger partial charge in [-0.05, 0) is 31.0 Å². The number of furan rings is 1. The first-order valence-corrected chi connectivity index (χ1v) is 4.39. The van der Waals surface area contributed by atoms with Crippen LogP contribution in [0.4, 0.5) is 13.2 Å². The van der Waals surface area contributed by atoms with Gasteiger partial charge in [0.15, 0.2) is 0 Å². The highest BCUT2D eigenvalue weighted by Crippen LogP contribution is 2.48. The van der Waals surface area contributed by atoms with E-state index >= 15 is 0 Å². The van der Waals surface area contributed by atoms with E-state index in [0.717, 1.165) is 12.5 Å². The van der Waals surface area contributed by atoms with Crippen LogP contribution in [-0.2, 0) is 6.18 Å². The summed E-state index contributed by atoms with van der Waals surface area (Å²) in [5, 5.41) is 0. The monoisotopic (exact) mass is 205 g/mol. The van der Waals surface area contributed by atoms with Crippen LogP contribution in [0.1, 0.15) is 23.9 Å². The minimum absolute atomic E-state index is 0.0936. The van der Waals surface area contributed by atoms with Crippen LogP contribution in [0.25, 0.3) is 0 Å². The number of hydrogen-bond donors (Lipinski definition) is 1. The summed E-state index contributed by atoms with van der Waals surface area (Å²) in [5.74, 6) is -0.124. The minimum Gasteiger partial charge on any atom is -0.456 e.